The fourth-order valence-electron chi connectivity index (χ4n) is 3.03. The first-order valence-electron chi connectivity index (χ1n) is 7.20. The van der Waals surface area contributed by atoms with E-state index < -0.39 is 6.36 Å². The molecule has 2 nitrogen and oxygen atoms in total. The van der Waals surface area contributed by atoms with Crippen LogP contribution in [0.5, 0.6) is 5.75 Å². The average molecular weight is 300 g/mol. The van der Waals surface area contributed by atoms with Crippen molar-refractivity contribution in [2.75, 3.05) is 0 Å². The average Bonchev–Trinajstić information content (AvgIpc) is 2.46. The predicted octanol–water partition coefficient (Wildman–Crippen LogP) is 4.69. The van der Waals surface area contributed by atoms with E-state index in [0.717, 1.165) is 37.5 Å². The van der Waals surface area contributed by atoms with Crippen molar-refractivity contribution in [3.05, 3.63) is 29.8 Å². The zero-order chi connectivity index (χ0) is 15.5. The standard InChI is InChI=1S/C16H19F3O2/c1-11(10-20)12-2-4-13(5-3-12)14-6-8-15(9-7-14)21-16(17,18)19/h6-13H,2-5H2,1H3. The van der Waals surface area contributed by atoms with E-state index in [0.29, 0.717) is 11.8 Å². The summed E-state index contributed by atoms with van der Waals surface area (Å²) in [6.45, 7) is 1.95. The SMILES string of the molecule is CC(C=O)C1CCC(c2ccc(OC(F)(F)F)cc2)CC1. The van der Waals surface area contributed by atoms with E-state index in [1.165, 1.54) is 12.1 Å². The second-order valence-electron chi connectivity index (χ2n) is 5.72. The fourth-order valence-corrected chi connectivity index (χ4v) is 3.03. The van der Waals surface area contributed by atoms with Crippen molar-refractivity contribution in [3.63, 3.8) is 0 Å². The Labute approximate surface area is 122 Å². The zero-order valence-corrected chi connectivity index (χ0v) is 11.9. The highest BCUT2D eigenvalue weighted by molar-refractivity contribution is 5.53. The molecule has 1 fully saturated rings. The monoisotopic (exact) mass is 300 g/mol. The van der Waals surface area contributed by atoms with Gasteiger partial charge in [0.15, 0.2) is 0 Å². The lowest BCUT2D eigenvalue weighted by atomic mass is 9.74. The van der Waals surface area contributed by atoms with E-state index >= 15 is 0 Å². The van der Waals surface area contributed by atoms with E-state index in [9.17, 15) is 18.0 Å². The lowest BCUT2D eigenvalue weighted by molar-refractivity contribution is -0.274. The molecule has 1 aliphatic carbocycles. The van der Waals surface area contributed by atoms with Crippen molar-refractivity contribution < 1.29 is 22.7 Å². The fraction of sp³-hybridized carbons (Fsp3) is 0.562. The molecule has 1 aromatic carbocycles. The second-order valence-corrected chi connectivity index (χ2v) is 5.72. The maximum atomic E-state index is 12.1. The van der Waals surface area contributed by atoms with E-state index in [-0.39, 0.29) is 11.7 Å². The Hall–Kier alpha value is -1.52. The Morgan fingerprint density at radius 3 is 2.19 bits per heavy atom. The minimum Gasteiger partial charge on any atom is -0.406 e. The summed E-state index contributed by atoms with van der Waals surface area (Å²) >= 11 is 0. The summed E-state index contributed by atoms with van der Waals surface area (Å²) in [5.41, 5.74) is 1.04. The Morgan fingerprint density at radius 1 is 1.14 bits per heavy atom. The molecule has 0 spiro atoms. The van der Waals surface area contributed by atoms with Gasteiger partial charge in [-0.3, -0.25) is 0 Å². The van der Waals surface area contributed by atoms with Crippen LogP contribution in [0.15, 0.2) is 24.3 Å². The number of alkyl halides is 3. The minimum absolute atomic E-state index is 0.0912. The van der Waals surface area contributed by atoms with Crippen molar-refractivity contribution >= 4 is 6.29 Å². The van der Waals surface area contributed by atoms with Crippen LogP contribution in [-0.2, 0) is 4.79 Å². The molecular formula is C16H19F3O2. The maximum absolute atomic E-state index is 12.1. The van der Waals surface area contributed by atoms with Crippen molar-refractivity contribution in [1.82, 2.24) is 0 Å². The van der Waals surface area contributed by atoms with Crippen molar-refractivity contribution in [2.45, 2.75) is 44.9 Å². The van der Waals surface area contributed by atoms with E-state index in [4.69, 9.17) is 0 Å². The molecule has 1 unspecified atom stereocenters. The van der Waals surface area contributed by atoms with Gasteiger partial charge in [0, 0.05) is 5.92 Å². The van der Waals surface area contributed by atoms with Gasteiger partial charge in [0.2, 0.25) is 0 Å². The highest BCUT2D eigenvalue weighted by Gasteiger charge is 2.31. The molecule has 0 aliphatic heterocycles. The topological polar surface area (TPSA) is 26.3 Å². The summed E-state index contributed by atoms with van der Waals surface area (Å²) in [5, 5.41) is 0. The summed E-state index contributed by atoms with van der Waals surface area (Å²) in [5.74, 6) is 0.703. The van der Waals surface area contributed by atoms with Gasteiger partial charge in [0.25, 0.3) is 0 Å². The molecule has 1 saturated carbocycles. The summed E-state index contributed by atoms with van der Waals surface area (Å²) < 4.78 is 40.2. The first-order valence-corrected chi connectivity index (χ1v) is 7.20. The second kappa shape index (κ2) is 6.50. The van der Waals surface area contributed by atoms with Gasteiger partial charge in [-0.15, -0.1) is 13.2 Å². The third-order valence-corrected chi connectivity index (χ3v) is 4.32. The number of rotatable bonds is 4. The number of benzene rings is 1. The van der Waals surface area contributed by atoms with Crippen LogP contribution in [0.4, 0.5) is 13.2 Å². The smallest absolute Gasteiger partial charge is 0.406 e. The number of halogens is 3. The molecule has 1 aromatic rings. The largest absolute Gasteiger partial charge is 0.573 e. The van der Waals surface area contributed by atoms with E-state index in [1.807, 2.05) is 6.92 Å². The summed E-state index contributed by atoms with van der Waals surface area (Å²) in [6, 6.07) is 6.14. The van der Waals surface area contributed by atoms with Crippen LogP contribution in [0.2, 0.25) is 0 Å². The molecule has 0 aromatic heterocycles. The molecule has 0 saturated heterocycles. The molecule has 0 bridgehead atoms. The van der Waals surface area contributed by atoms with Crippen molar-refractivity contribution in [1.29, 1.82) is 0 Å². The maximum Gasteiger partial charge on any atom is 0.573 e. The molecular weight excluding hydrogens is 281 g/mol. The summed E-state index contributed by atoms with van der Waals surface area (Å²) in [4.78, 5) is 10.8. The first-order chi connectivity index (χ1) is 9.89. The van der Waals surface area contributed by atoms with Crippen molar-refractivity contribution in [2.24, 2.45) is 11.8 Å². The van der Waals surface area contributed by atoms with Gasteiger partial charge in [0.1, 0.15) is 12.0 Å². The summed E-state index contributed by atoms with van der Waals surface area (Å²) in [7, 11) is 0. The molecule has 0 N–H and O–H groups in total. The Kier molecular flexibility index (Phi) is 4.91. The number of ether oxygens (including phenoxy) is 1. The van der Waals surface area contributed by atoms with E-state index in [1.54, 1.807) is 12.1 Å². The molecule has 0 heterocycles. The van der Waals surface area contributed by atoms with Crippen LogP contribution in [0.1, 0.15) is 44.1 Å². The number of hydrogen-bond acceptors (Lipinski definition) is 2. The molecule has 21 heavy (non-hydrogen) atoms. The molecule has 2 rings (SSSR count). The highest BCUT2D eigenvalue weighted by Crippen LogP contribution is 2.38. The van der Waals surface area contributed by atoms with Crippen LogP contribution in [-0.4, -0.2) is 12.6 Å². The van der Waals surface area contributed by atoms with Gasteiger partial charge in [0.05, 0.1) is 0 Å². The normalized spacial score (nSPS) is 24.4. The van der Waals surface area contributed by atoms with Crippen LogP contribution in [0.3, 0.4) is 0 Å². The lowest BCUT2D eigenvalue weighted by Gasteiger charge is -2.30. The Bertz CT molecular complexity index is 459. The third-order valence-electron chi connectivity index (χ3n) is 4.32. The van der Waals surface area contributed by atoms with Gasteiger partial charge in [-0.25, -0.2) is 0 Å². The summed E-state index contributed by atoms with van der Waals surface area (Å²) in [6.07, 6.45) is 0.292. The van der Waals surface area contributed by atoms with Crippen LogP contribution >= 0.6 is 0 Å². The highest BCUT2D eigenvalue weighted by atomic mass is 19.4. The molecule has 5 heteroatoms. The van der Waals surface area contributed by atoms with Gasteiger partial charge in [-0.1, -0.05) is 19.1 Å². The number of hydrogen-bond donors (Lipinski definition) is 0. The van der Waals surface area contributed by atoms with Gasteiger partial charge >= 0.3 is 6.36 Å². The molecule has 1 aliphatic rings. The van der Waals surface area contributed by atoms with E-state index in [2.05, 4.69) is 4.74 Å². The Morgan fingerprint density at radius 2 is 1.71 bits per heavy atom. The van der Waals surface area contributed by atoms with Gasteiger partial charge < -0.3 is 9.53 Å². The zero-order valence-electron chi connectivity index (χ0n) is 11.9. The van der Waals surface area contributed by atoms with Crippen LogP contribution in [0.25, 0.3) is 0 Å². The molecule has 1 atom stereocenters. The molecule has 116 valence electrons. The van der Waals surface area contributed by atoms with Gasteiger partial charge in [-0.05, 0) is 55.2 Å². The predicted molar refractivity (Wildman–Crippen MR) is 73.1 cm³/mol. The lowest BCUT2D eigenvalue weighted by Crippen LogP contribution is -2.20. The van der Waals surface area contributed by atoms with Crippen LogP contribution < -0.4 is 4.74 Å². The minimum atomic E-state index is -4.65. The third kappa shape index (κ3) is 4.48. The number of carbonyl (C=O) groups is 1. The number of aldehydes is 1. The van der Waals surface area contributed by atoms with Gasteiger partial charge in [-0.2, -0.15) is 0 Å². The molecule has 0 amide bonds. The molecule has 0 radical (unpaired) electrons. The van der Waals surface area contributed by atoms with Crippen LogP contribution in [0, 0.1) is 11.8 Å². The first kappa shape index (κ1) is 15.9. The van der Waals surface area contributed by atoms with Crippen molar-refractivity contribution in [3.8, 4) is 5.75 Å². The quantitative estimate of drug-likeness (QED) is 0.754. The Balaban J connectivity index is 1.93. The number of carbonyl (C=O) groups excluding carboxylic acids is 1.